The van der Waals surface area contributed by atoms with Crippen LogP contribution in [-0.4, -0.2) is 41.1 Å². The van der Waals surface area contributed by atoms with Crippen molar-refractivity contribution in [2.75, 3.05) is 13.1 Å². The molecule has 0 aliphatic carbocycles. The van der Waals surface area contributed by atoms with Crippen molar-refractivity contribution in [1.82, 2.24) is 20.8 Å². The predicted octanol–water partition coefficient (Wildman–Crippen LogP) is 1.74. The zero-order valence-corrected chi connectivity index (χ0v) is 15.2. The summed E-state index contributed by atoms with van der Waals surface area (Å²) in [5.74, 6) is -0.393. The molecule has 25 heavy (non-hydrogen) atoms. The third-order valence-corrected chi connectivity index (χ3v) is 3.88. The normalized spacial score (nSPS) is 11.6. The van der Waals surface area contributed by atoms with Gasteiger partial charge in [0.05, 0.1) is 5.52 Å². The Balaban J connectivity index is 0.00000312. The number of hydrogen-bond acceptors (Lipinski definition) is 4. The molecule has 2 aromatic rings. The highest BCUT2D eigenvalue weighted by Gasteiger charge is 2.14. The molecule has 1 unspecified atom stereocenters. The van der Waals surface area contributed by atoms with E-state index < -0.39 is 0 Å². The molecule has 0 radical (unpaired) electrons. The molecular weight excluding hydrogens is 342 g/mol. The Kier molecular flexibility index (Phi) is 8.94. The maximum Gasteiger partial charge on any atom is 0.272 e. The van der Waals surface area contributed by atoms with E-state index in [-0.39, 0.29) is 43.2 Å². The maximum atomic E-state index is 12.2. The smallest absolute Gasteiger partial charge is 0.272 e. The van der Waals surface area contributed by atoms with E-state index in [9.17, 15) is 9.59 Å². The number of aromatic amines is 1. The highest BCUT2D eigenvalue weighted by molar-refractivity contribution is 6.04. The van der Waals surface area contributed by atoms with Crippen LogP contribution in [-0.2, 0) is 4.79 Å². The van der Waals surface area contributed by atoms with Gasteiger partial charge in [0.1, 0.15) is 0 Å². The van der Waals surface area contributed by atoms with E-state index in [0.29, 0.717) is 12.2 Å². The van der Waals surface area contributed by atoms with E-state index in [1.165, 1.54) is 0 Å². The number of para-hydroxylation sites is 1. The van der Waals surface area contributed by atoms with Crippen LogP contribution in [0.3, 0.4) is 0 Å². The van der Waals surface area contributed by atoms with Crippen LogP contribution >= 0.6 is 12.4 Å². The van der Waals surface area contributed by atoms with E-state index in [0.717, 1.165) is 30.2 Å². The van der Waals surface area contributed by atoms with Gasteiger partial charge in [-0.2, -0.15) is 5.10 Å². The minimum Gasteiger partial charge on any atom is -0.352 e. The number of amides is 2. The zero-order chi connectivity index (χ0) is 17.4. The lowest BCUT2D eigenvalue weighted by molar-refractivity contribution is -0.121. The second-order valence-corrected chi connectivity index (χ2v) is 5.77. The number of nitrogens with two attached hydrogens (primary N) is 1. The number of carbonyl (C=O) groups excluding carboxylic acids is 2. The van der Waals surface area contributed by atoms with Crippen molar-refractivity contribution in [2.45, 2.75) is 38.6 Å². The van der Waals surface area contributed by atoms with Crippen molar-refractivity contribution in [3.05, 3.63) is 30.0 Å². The van der Waals surface area contributed by atoms with E-state index in [1.54, 1.807) is 0 Å². The number of nitrogens with zero attached hydrogens (tertiary/aromatic N) is 1. The molecule has 0 fully saturated rings. The summed E-state index contributed by atoms with van der Waals surface area (Å²) in [6.45, 7) is 2.79. The summed E-state index contributed by atoms with van der Waals surface area (Å²) in [6, 6.07) is 7.42. The van der Waals surface area contributed by atoms with Gasteiger partial charge in [-0.05, 0) is 12.5 Å². The minimum atomic E-state index is -0.290. The van der Waals surface area contributed by atoms with Crippen molar-refractivity contribution in [1.29, 1.82) is 0 Å². The average Bonchev–Trinajstić information content (AvgIpc) is 3.02. The van der Waals surface area contributed by atoms with Gasteiger partial charge in [0.25, 0.3) is 5.91 Å². The molecule has 1 aromatic carbocycles. The molecule has 7 nitrogen and oxygen atoms in total. The van der Waals surface area contributed by atoms with E-state index in [1.807, 2.05) is 24.3 Å². The molecule has 1 aromatic heterocycles. The molecule has 0 aliphatic heterocycles. The van der Waals surface area contributed by atoms with Gasteiger partial charge in [0.15, 0.2) is 5.69 Å². The molecule has 0 bridgehead atoms. The molecule has 138 valence electrons. The first-order chi connectivity index (χ1) is 11.7. The van der Waals surface area contributed by atoms with Gasteiger partial charge in [0, 0.05) is 30.9 Å². The molecule has 0 saturated carbocycles. The molecule has 1 heterocycles. The van der Waals surface area contributed by atoms with Crippen molar-refractivity contribution in [3.8, 4) is 0 Å². The van der Waals surface area contributed by atoms with Gasteiger partial charge in [-0.25, -0.2) is 0 Å². The fraction of sp³-hybridized carbons (Fsp3) is 0.471. The number of rotatable bonds is 9. The van der Waals surface area contributed by atoms with Crippen LogP contribution in [0.25, 0.3) is 10.9 Å². The molecule has 5 N–H and O–H groups in total. The van der Waals surface area contributed by atoms with Gasteiger partial charge in [-0.1, -0.05) is 38.0 Å². The van der Waals surface area contributed by atoms with Crippen LogP contribution in [0, 0.1) is 0 Å². The predicted molar refractivity (Wildman–Crippen MR) is 101 cm³/mol. The summed E-state index contributed by atoms with van der Waals surface area (Å²) in [7, 11) is 0. The van der Waals surface area contributed by atoms with Gasteiger partial charge in [-0.3, -0.25) is 14.7 Å². The van der Waals surface area contributed by atoms with Gasteiger partial charge in [0.2, 0.25) is 5.91 Å². The number of hydrogen-bond donors (Lipinski definition) is 4. The monoisotopic (exact) mass is 367 g/mol. The number of nitrogens with one attached hydrogen (secondary N) is 3. The summed E-state index contributed by atoms with van der Waals surface area (Å²) >= 11 is 0. The number of carbonyl (C=O) groups is 2. The third-order valence-electron chi connectivity index (χ3n) is 3.88. The fourth-order valence-electron chi connectivity index (χ4n) is 2.51. The van der Waals surface area contributed by atoms with Crippen molar-refractivity contribution in [3.63, 3.8) is 0 Å². The first kappa shape index (κ1) is 20.9. The summed E-state index contributed by atoms with van der Waals surface area (Å²) in [5, 5.41) is 13.2. The highest BCUT2D eigenvalue weighted by atomic mass is 35.5. The van der Waals surface area contributed by atoms with Crippen LogP contribution in [0.1, 0.15) is 43.1 Å². The molecule has 0 spiro atoms. The Hall–Kier alpha value is -2.12. The Morgan fingerprint density at radius 1 is 1.32 bits per heavy atom. The van der Waals surface area contributed by atoms with Crippen LogP contribution in [0.4, 0.5) is 0 Å². The quantitative estimate of drug-likeness (QED) is 0.540. The number of aromatic nitrogens is 2. The largest absolute Gasteiger partial charge is 0.352 e. The second-order valence-electron chi connectivity index (χ2n) is 5.77. The first-order valence-electron chi connectivity index (χ1n) is 8.36. The summed E-state index contributed by atoms with van der Waals surface area (Å²) in [5.41, 5.74) is 6.81. The first-order valence-corrected chi connectivity index (χ1v) is 8.36. The molecular formula is C17H26ClN5O2. The standard InChI is InChI=1S/C17H25N5O2.ClH/c1-2-3-6-12(11-18)20-15(23)9-10-19-17(24)16-13-7-4-5-8-14(13)21-22-16;/h4-5,7-8,12H,2-3,6,9-11,18H2,1H3,(H,19,24)(H,20,23)(H,21,22);1H. The molecule has 1 atom stereocenters. The van der Waals surface area contributed by atoms with Crippen LogP contribution < -0.4 is 16.4 Å². The van der Waals surface area contributed by atoms with Gasteiger partial charge < -0.3 is 16.4 Å². The number of unbranched alkanes of at least 4 members (excludes halogenated alkanes) is 1. The topological polar surface area (TPSA) is 113 Å². The molecule has 2 amide bonds. The van der Waals surface area contributed by atoms with Crippen LogP contribution in [0.5, 0.6) is 0 Å². The van der Waals surface area contributed by atoms with Crippen LogP contribution in [0.15, 0.2) is 24.3 Å². The Morgan fingerprint density at radius 3 is 2.80 bits per heavy atom. The molecule has 2 rings (SSSR count). The summed E-state index contributed by atoms with van der Waals surface area (Å²) in [6.07, 6.45) is 3.20. The van der Waals surface area contributed by atoms with E-state index in [2.05, 4.69) is 27.8 Å². The van der Waals surface area contributed by atoms with Crippen molar-refractivity contribution >= 4 is 35.1 Å². The fourth-order valence-corrected chi connectivity index (χ4v) is 2.51. The number of fused-ring (bicyclic) bond motifs is 1. The molecule has 0 aliphatic rings. The number of benzene rings is 1. The lowest BCUT2D eigenvalue weighted by atomic mass is 10.1. The SMILES string of the molecule is CCCCC(CN)NC(=O)CCNC(=O)c1n[nH]c2ccccc12.Cl. The number of H-pyrrole nitrogens is 1. The Labute approximate surface area is 153 Å². The van der Waals surface area contributed by atoms with Crippen molar-refractivity contribution in [2.24, 2.45) is 5.73 Å². The average molecular weight is 368 g/mol. The zero-order valence-electron chi connectivity index (χ0n) is 14.4. The third kappa shape index (κ3) is 6.03. The lowest BCUT2D eigenvalue weighted by Gasteiger charge is -2.16. The van der Waals surface area contributed by atoms with E-state index >= 15 is 0 Å². The second kappa shape index (κ2) is 10.7. The molecule has 0 saturated heterocycles. The minimum absolute atomic E-state index is 0. The van der Waals surface area contributed by atoms with Crippen LogP contribution in [0.2, 0.25) is 0 Å². The Bertz CT molecular complexity index is 688. The maximum absolute atomic E-state index is 12.2. The molecule has 8 heteroatoms. The van der Waals surface area contributed by atoms with Gasteiger partial charge >= 0.3 is 0 Å². The Morgan fingerprint density at radius 2 is 2.08 bits per heavy atom. The highest BCUT2D eigenvalue weighted by Crippen LogP contribution is 2.14. The lowest BCUT2D eigenvalue weighted by Crippen LogP contribution is -2.41. The van der Waals surface area contributed by atoms with Crippen molar-refractivity contribution < 1.29 is 9.59 Å². The summed E-state index contributed by atoms with van der Waals surface area (Å²) < 4.78 is 0. The number of halogens is 1. The summed E-state index contributed by atoms with van der Waals surface area (Å²) in [4.78, 5) is 24.1. The van der Waals surface area contributed by atoms with Gasteiger partial charge in [-0.15, -0.1) is 12.4 Å². The van der Waals surface area contributed by atoms with E-state index in [4.69, 9.17) is 5.73 Å².